The van der Waals surface area contributed by atoms with Gasteiger partial charge >= 0.3 is 0 Å². The van der Waals surface area contributed by atoms with Gasteiger partial charge in [-0.05, 0) is 6.07 Å². The van der Waals surface area contributed by atoms with Crippen LogP contribution in [0.3, 0.4) is 0 Å². The summed E-state index contributed by atoms with van der Waals surface area (Å²) in [5, 5.41) is 20.1. The van der Waals surface area contributed by atoms with Crippen LogP contribution in [0.15, 0.2) is 24.3 Å². The van der Waals surface area contributed by atoms with Gasteiger partial charge in [0.1, 0.15) is 12.2 Å². The first kappa shape index (κ1) is 10.1. The second kappa shape index (κ2) is 4.87. The zero-order valence-electron chi connectivity index (χ0n) is 7.53. The predicted octanol–water partition coefficient (Wildman–Crippen LogP) is 0.922. The van der Waals surface area contributed by atoms with Gasteiger partial charge in [-0.2, -0.15) is 5.26 Å². The number of nitrogens with one attached hydrogen (secondary N) is 1. The molecule has 1 aromatic carbocycles. The van der Waals surface area contributed by atoms with Crippen molar-refractivity contribution < 1.29 is 9.90 Å². The molecule has 0 atom stereocenters. The van der Waals surface area contributed by atoms with Crippen LogP contribution in [-0.4, -0.2) is 11.0 Å². The number of rotatable bonds is 3. The van der Waals surface area contributed by atoms with Crippen LogP contribution in [0, 0.1) is 11.3 Å². The molecule has 1 aromatic rings. The van der Waals surface area contributed by atoms with Crippen molar-refractivity contribution in [3.05, 3.63) is 29.8 Å². The predicted molar refractivity (Wildman–Crippen MR) is 50.2 cm³/mol. The van der Waals surface area contributed by atoms with Crippen molar-refractivity contribution >= 4 is 5.91 Å². The number of amides is 1. The topological polar surface area (TPSA) is 73.1 Å². The summed E-state index contributed by atoms with van der Waals surface area (Å²) < 4.78 is 0. The molecule has 0 fully saturated rings. The second-order valence-corrected chi connectivity index (χ2v) is 2.74. The first-order valence-electron chi connectivity index (χ1n) is 4.14. The molecule has 14 heavy (non-hydrogen) atoms. The summed E-state index contributed by atoms with van der Waals surface area (Å²) >= 11 is 0. The van der Waals surface area contributed by atoms with Crippen LogP contribution in [-0.2, 0) is 11.3 Å². The number of carbonyl (C=O) groups is 1. The summed E-state index contributed by atoms with van der Waals surface area (Å²) in [6.45, 7) is 0.243. The van der Waals surface area contributed by atoms with Gasteiger partial charge in [0.25, 0.3) is 0 Å². The fourth-order valence-corrected chi connectivity index (χ4v) is 0.988. The number of aromatic hydroxyl groups is 1. The SMILES string of the molecule is N#CCC(=O)NCc1ccccc1O. The number of phenolic OH excluding ortho intramolecular Hbond substituents is 1. The van der Waals surface area contributed by atoms with E-state index in [1.165, 1.54) is 0 Å². The maximum absolute atomic E-state index is 10.9. The molecular formula is C10H10N2O2. The number of hydrogen-bond donors (Lipinski definition) is 2. The molecule has 0 heterocycles. The molecule has 0 aromatic heterocycles. The van der Waals surface area contributed by atoms with Gasteiger partial charge in [0.05, 0.1) is 6.07 Å². The highest BCUT2D eigenvalue weighted by atomic mass is 16.3. The second-order valence-electron chi connectivity index (χ2n) is 2.74. The lowest BCUT2D eigenvalue weighted by molar-refractivity contribution is -0.120. The van der Waals surface area contributed by atoms with E-state index in [4.69, 9.17) is 5.26 Å². The quantitative estimate of drug-likeness (QED) is 0.744. The van der Waals surface area contributed by atoms with Gasteiger partial charge in [0.15, 0.2) is 0 Å². The summed E-state index contributed by atoms with van der Waals surface area (Å²) in [5.41, 5.74) is 0.638. The van der Waals surface area contributed by atoms with E-state index >= 15 is 0 Å². The first-order valence-corrected chi connectivity index (χ1v) is 4.14. The smallest absolute Gasteiger partial charge is 0.234 e. The van der Waals surface area contributed by atoms with Crippen LogP contribution in [0.4, 0.5) is 0 Å². The average Bonchev–Trinajstić information content (AvgIpc) is 2.17. The van der Waals surface area contributed by atoms with Crippen molar-refractivity contribution in [2.45, 2.75) is 13.0 Å². The lowest BCUT2D eigenvalue weighted by Gasteiger charge is -2.04. The van der Waals surface area contributed by atoms with Gasteiger partial charge in [0.2, 0.25) is 5.91 Å². The molecule has 0 unspecified atom stereocenters. The van der Waals surface area contributed by atoms with Crippen LogP contribution in [0.2, 0.25) is 0 Å². The number of para-hydroxylation sites is 1. The normalized spacial score (nSPS) is 9.07. The Morgan fingerprint density at radius 1 is 1.50 bits per heavy atom. The number of phenols is 1. The van der Waals surface area contributed by atoms with Gasteiger partial charge < -0.3 is 10.4 Å². The van der Waals surface area contributed by atoms with Crippen molar-refractivity contribution in [3.63, 3.8) is 0 Å². The third-order valence-corrected chi connectivity index (χ3v) is 1.71. The van der Waals surface area contributed by atoms with E-state index in [1.807, 2.05) is 0 Å². The molecule has 0 radical (unpaired) electrons. The summed E-state index contributed by atoms with van der Waals surface area (Å²) in [4.78, 5) is 10.9. The van der Waals surface area contributed by atoms with Crippen LogP contribution < -0.4 is 5.32 Å². The highest BCUT2D eigenvalue weighted by Gasteiger charge is 2.02. The van der Waals surface area contributed by atoms with Crippen LogP contribution >= 0.6 is 0 Å². The van der Waals surface area contributed by atoms with Crippen LogP contribution in [0.25, 0.3) is 0 Å². The standard InChI is InChI=1S/C10H10N2O2/c11-6-5-10(14)12-7-8-3-1-2-4-9(8)13/h1-4,13H,5,7H2,(H,12,14). The van der Waals surface area contributed by atoms with Gasteiger partial charge in [-0.1, -0.05) is 18.2 Å². The minimum absolute atomic E-state index is 0.143. The first-order chi connectivity index (χ1) is 6.74. The Kier molecular flexibility index (Phi) is 3.50. The Bertz CT molecular complexity index is 369. The van der Waals surface area contributed by atoms with Gasteiger partial charge in [-0.15, -0.1) is 0 Å². The fourth-order valence-electron chi connectivity index (χ4n) is 0.988. The lowest BCUT2D eigenvalue weighted by atomic mass is 10.2. The molecule has 0 bridgehead atoms. The van der Waals surface area contributed by atoms with E-state index in [2.05, 4.69) is 5.32 Å². The number of nitrogens with zero attached hydrogens (tertiary/aromatic N) is 1. The van der Waals surface area contributed by atoms with E-state index in [0.29, 0.717) is 5.56 Å². The molecular weight excluding hydrogens is 180 g/mol. The molecule has 0 aliphatic heterocycles. The fraction of sp³-hybridized carbons (Fsp3) is 0.200. The molecule has 0 aliphatic carbocycles. The van der Waals surface area contributed by atoms with E-state index < -0.39 is 0 Å². The summed E-state index contributed by atoms with van der Waals surface area (Å²) in [6.07, 6.45) is -0.159. The van der Waals surface area contributed by atoms with Crippen molar-refractivity contribution in [2.24, 2.45) is 0 Å². The summed E-state index contributed by atoms with van der Waals surface area (Å²) in [7, 11) is 0. The maximum atomic E-state index is 10.9. The van der Waals surface area contributed by atoms with Crippen molar-refractivity contribution in [1.82, 2.24) is 5.32 Å². The van der Waals surface area contributed by atoms with Crippen LogP contribution in [0.5, 0.6) is 5.75 Å². The van der Waals surface area contributed by atoms with Gasteiger partial charge in [0, 0.05) is 12.1 Å². The van der Waals surface area contributed by atoms with Crippen molar-refractivity contribution in [1.29, 1.82) is 5.26 Å². The summed E-state index contributed by atoms with van der Waals surface area (Å²) in [5.74, 6) is -0.194. The zero-order chi connectivity index (χ0) is 10.4. The maximum Gasteiger partial charge on any atom is 0.234 e. The Morgan fingerprint density at radius 3 is 2.86 bits per heavy atom. The number of hydrogen-bond acceptors (Lipinski definition) is 3. The summed E-state index contributed by atoms with van der Waals surface area (Å²) in [6, 6.07) is 8.48. The van der Waals surface area contributed by atoms with E-state index in [-0.39, 0.29) is 24.6 Å². The Labute approximate surface area is 81.8 Å². The Morgan fingerprint density at radius 2 is 2.21 bits per heavy atom. The monoisotopic (exact) mass is 190 g/mol. The molecule has 4 heteroatoms. The zero-order valence-corrected chi connectivity index (χ0v) is 7.53. The lowest BCUT2D eigenvalue weighted by Crippen LogP contribution is -2.21. The van der Waals surface area contributed by atoms with Gasteiger partial charge in [-0.25, -0.2) is 0 Å². The molecule has 1 rings (SSSR count). The van der Waals surface area contributed by atoms with Crippen molar-refractivity contribution in [3.8, 4) is 11.8 Å². The highest BCUT2D eigenvalue weighted by molar-refractivity contribution is 5.77. The minimum atomic E-state index is -0.337. The third-order valence-electron chi connectivity index (χ3n) is 1.71. The van der Waals surface area contributed by atoms with E-state index in [0.717, 1.165) is 0 Å². The Hall–Kier alpha value is -2.02. The van der Waals surface area contributed by atoms with Gasteiger partial charge in [-0.3, -0.25) is 4.79 Å². The molecule has 1 amide bonds. The van der Waals surface area contributed by atoms with Crippen LogP contribution in [0.1, 0.15) is 12.0 Å². The highest BCUT2D eigenvalue weighted by Crippen LogP contribution is 2.14. The molecule has 0 aliphatic rings. The number of benzene rings is 1. The van der Waals surface area contributed by atoms with E-state index in [1.54, 1.807) is 30.3 Å². The van der Waals surface area contributed by atoms with E-state index in [9.17, 15) is 9.90 Å². The minimum Gasteiger partial charge on any atom is -0.508 e. The Balaban J connectivity index is 2.51. The number of carbonyl (C=O) groups excluding carboxylic acids is 1. The molecule has 4 nitrogen and oxygen atoms in total. The molecule has 0 saturated carbocycles. The third kappa shape index (κ3) is 2.79. The molecule has 0 saturated heterocycles. The average molecular weight is 190 g/mol. The number of nitriles is 1. The largest absolute Gasteiger partial charge is 0.508 e. The molecule has 0 spiro atoms. The molecule has 2 N–H and O–H groups in total. The molecule has 72 valence electrons. The van der Waals surface area contributed by atoms with Crippen molar-refractivity contribution in [2.75, 3.05) is 0 Å².